The van der Waals surface area contributed by atoms with Gasteiger partial charge in [-0.2, -0.15) is 0 Å². The van der Waals surface area contributed by atoms with E-state index in [9.17, 15) is 19.5 Å². The number of nitrogens with one attached hydrogen (secondary N) is 2. The second-order valence-electron chi connectivity index (χ2n) is 12.9. The van der Waals surface area contributed by atoms with Crippen LogP contribution in [0.15, 0.2) is 66.9 Å². The maximum absolute atomic E-state index is 14.8. The molecule has 48 heavy (non-hydrogen) atoms. The number of rotatable bonds is 12. The van der Waals surface area contributed by atoms with Gasteiger partial charge in [0.15, 0.2) is 0 Å². The van der Waals surface area contributed by atoms with Gasteiger partial charge in [-0.3, -0.25) is 9.59 Å². The maximum Gasteiger partial charge on any atom is 0.408 e. The van der Waals surface area contributed by atoms with Gasteiger partial charge in [0.05, 0.1) is 31.6 Å². The van der Waals surface area contributed by atoms with Crippen molar-refractivity contribution >= 4 is 17.9 Å². The van der Waals surface area contributed by atoms with Crippen LogP contribution in [0, 0.1) is 13.8 Å². The first-order valence-corrected chi connectivity index (χ1v) is 15.8. The second kappa shape index (κ2) is 15.2. The number of primary amides is 1. The van der Waals surface area contributed by atoms with E-state index < -0.39 is 29.7 Å². The number of aromatic amines is 1. The first kappa shape index (κ1) is 35.7. The molecular formula is C37H45N5O6. The van der Waals surface area contributed by atoms with E-state index in [1.165, 1.54) is 7.11 Å². The molecule has 4 rings (SSSR count). The van der Waals surface area contributed by atoms with Gasteiger partial charge >= 0.3 is 6.09 Å². The Labute approximate surface area is 281 Å². The van der Waals surface area contributed by atoms with Crippen molar-refractivity contribution in [2.75, 3.05) is 7.11 Å². The Kier molecular flexibility index (Phi) is 11.3. The van der Waals surface area contributed by atoms with Gasteiger partial charge in [0.1, 0.15) is 23.2 Å². The Morgan fingerprint density at radius 3 is 2.29 bits per heavy atom. The number of aliphatic hydroxyl groups is 1. The third kappa shape index (κ3) is 8.80. The molecule has 3 amide bonds. The van der Waals surface area contributed by atoms with Gasteiger partial charge in [-0.15, -0.1) is 0 Å². The summed E-state index contributed by atoms with van der Waals surface area (Å²) in [4.78, 5) is 49.6. The molecule has 0 spiro atoms. The summed E-state index contributed by atoms with van der Waals surface area (Å²) in [5, 5.41) is 12.8. The van der Waals surface area contributed by atoms with E-state index in [2.05, 4.69) is 15.3 Å². The van der Waals surface area contributed by atoms with Crippen LogP contribution in [-0.2, 0) is 29.1 Å². The van der Waals surface area contributed by atoms with Gasteiger partial charge in [0.2, 0.25) is 11.8 Å². The fourth-order valence-electron chi connectivity index (χ4n) is 5.63. The number of carbonyl (C=O) groups excluding carboxylic acids is 3. The van der Waals surface area contributed by atoms with E-state index in [1.807, 2.05) is 57.2 Å². The van der Waals surface area contributed by atoms with E-state index in [0.29, 0.717) is 22.7 Å². The molecule has 0 saturated heterocycles. The lowest BCUT2D eigenvalue weighted by Crippen LogP contribution is -2.51. The van der Waals surface area contributed by atoms with Crippen LogP contribution < -0.4 is 15.8 Å². The first-order chi connectivity index (χ1) is 22.7. The van der Waals surface area contributed by atoms with E-state index in [0.717, 1.165) is 33.5 Å². The number of aryl methyl sites for hydroxylation is 2. The molecule has 3 aromatic carbocycles. The topological polar surface area (TPSA) is 160 Å². The number of ether oxygens (including phenoxy) is 2. The van der Waals surface area contributed by atoms with E-state index in [-0.39, 0.29) is 25.5 Å². The zero-order valence-electron chi connectivity index (χ0n) is 28.6. The molecular weight excluding hydrogens is 610 g/mol. The number of benzene rings is 3. The number of alkyl carbamates (subject to hydrolysis) is 1. The van der Waals surface area contributed by atoms with Gasteiger partial charge in [0, 0.05) is 24.1 Å². The number of methoxy groups -OCH3 is 1. The van der Waals surface area contributed by atoms with Crippen molar-refractivity contribution in [1.82, 2.24) is 20.2 Å². The lowest BCUT2D eigenvalue weighted by Gasteiger charge is -2.33. The van der Waals surface area contributed by atoms with Gasteiger partial charge in [-0.25, -0.2) is 9.78 Å². The predicted octanol–water partition coefficient (Wildman–Crippen LogP) is 5.52. The van der Waals surface area contributed by atoms with Crippen LogP contribution in [0.5, 0.6) is 5.75 Å². The number of carbonyl (C=O) groups is 3. The summed E-state index contributed by atoms with van der Waals surface area (Å²) < 4.78 is 11.0. The average molecular weight is 656 g/mol. The molecule has 11 nitrogen and oxygen atoms in total. The van der Waals surface area contributed by atoms with Crippen LogP contribution >= 0.6 is 0 Å². The standard InChI is InChI=1S/C37H45N5O6/c1-22-15-27(33(38)44)16-23(2)29(22)18-30(41-36(46)48-37(4,5)6)35(45)42(20-25-13-14-32(47-7)28(17-25)21-43)24(3)34-39-19-31(40-34)26-11-9-8-10-12-26/h8-17,19,24,30,43H,18,20-21H2,1-7H3,(H2,38,44)(H,39,40)(H,41,46)/t24-,30-/m0/s1. The zero-order chi connectivity index (χ0) is 35.2. The molecule has 0 aliphatic heterocycles. The number of aliphatic hydroxyl groups excluding tert-OH is 1. The van der Waals surface area contributed by atoms with Crippen LogP contribution in [0.2, 0.25) is 0 Å². The number of nitrogens with two attached hydrogens (primary N) is 1. The molecule has 0 radical (unpaired) electrons. The van der Waals surface area contributed by atoms with Gasteiger partial charge in [-0.05, 0) is 93.6 Å². The van der Waals surface area contributed by atoms with Gasteiger partial charge in [0.25, 0.3) is 0 Å². The Morgan fingerprint density at radius 2 is 1.71 bits per heavy atom. The van der Waals surface area contributed by atoms with Crippen molar-refractivity contribution in [3.8, 4) is 17.0 Å². The van der Waals surface area contributed by atoms with Gasteiger partial charge in [-0.1, -0.05) is 36.4 Å². The highest BCUT2D eigenvalue weighted by atomic mass is 16.6. The lowest BCUT2D eigenvalue weighted by molar-refractivity contribution is -0.136. The highest BCUT2D eigenvalue weighted by Gasteiger charge is 2.33. The number of nitrogens with zero attached hydrogens (tertiary/aromatic N) is 2. The molecule has 11 heteroatoms. The largest absolute Gasteiger partial charge is 0.496 e. The number of aromatic nitrogens is 2. The minimum atomic E-state index is -1.06. The summed E-state index contributed by atoms with van der Waals surface area (Å²) in [6, 6.07) is 16.8. The molecule has 1 aromatic heterocycles. The highest BCUT2D eigenvalue weighted by molar-refractivity contribution is 5.93. The fourth-order valence-corrected chi connectivity index (χ4v) is 5.63. The molecule has 4 aromatic rings. The molecule has 0 fully saturated rings. The van der Waals surface area contributed by atoms with Crippen molar-refractivity contribution in [3.63, 3.8) is 0 Å². The molecule has 0 saturated carbocycles. The summed E-state index contributed by atoms with van der Waals surface area (Å²) in [6.07, 6.45) is 1.11. The minimum absolute atomic E-state index is 0.121. The number of amides is 3. The third-order valence-electron chi connectivity index (χ3n) is 8.07. The Morgan fingerprint density at radius 1 is 1.04 bits per heavy atom. The van der Waals surface area contributed by atoms with E-state index >= 15 is 0 Å². The lowest BCUT2D eigenvalue weighted by atomic mass is 9.93. The first-order valence-electron chi connectivity index (χ1n) is 15.8. The predicted molar refractivity (Wildman–Crippen MR) is 183 cm³/mol. The number of hydrogen-bond donors (Lipinski definition) is 4. The summed E-state index contributed by atoms with van der Waals surface area (Å²) in [6.45, 7) is 10.7. The van der Waals surface area contributed by atoms with Crippen molar-refractivity contribution < 1.29 is 29.0 Å². The molecule has 0 bridgehead atoms. The van der Waals surface area contributed by atoms with Crippen molar-refractivity contribution in [2.24, 2.45) is 5.73 Å². The molecule has 254 valence electrons. The number of H-pyrrole nitrogens is 1. The van der Waals surface area contributed by atoms with Crippen molar-refractivity contribution in [2.45, 2.75) is 78.8 Å². The maximum atomic E-state index is 14.8. The summed E-state index contributed by atoms with van der Waals surface area (Å²) in [5.74, 6) is 0.139. The molecule has 2 atom stereocenters. The van der Waals surface area contributed by atoms with Crippen LogP contribution in [0.1, 0.15) is 77.7 Å². The highest BCUT2D eigenvalue weighted by Crippen LogP contribution is 2.28. The summed E-state index contributed by atoms with van der Waals surface area (Å²) in [5.41, 5.74) is 10.5. The Balaban J connectivity index is 1.78. The fraction of sp³-hybridized carbons (Fsp3) is 0.351. The molecule has 0 aliphatic carbocycles. The molecule has 0 aliphatic rings. The van der Waals surface area contributed by atoms with Gasteiger partial charge < -0.3 is 35.5 Å². The van der Waals surface area contributed by atoms with E-state index in [4.69, 9.17) is 15.2 Å². The van der Waals surface area contributed by atoms with E-state index in [1.54, 1.807) is 56.1 Å². The quantitative estimate of drug-likeness (QED) is 0.156. The summed E-state index contributed by atoms with van der Waals surface area (Å²) in [7, 11) is 1.53. The smallest absolute Gasteiger partial charge is 0.408 e. The number of imidazole rings is 1. The number of hydrogen-bond acceptors (Lipinski definition) is 7. The van der Waals surface area contributed by atoms with Crippen LogP contribution in [0.25, 0.3) is 11.3 Å². The normalized spacial score (nSPS) is 12.6. The zero-order valence-corrected chi connectivity index (χ0v) is 28.6. The minimum Gasteiger partial charge on any atom is -0.496 e. The monoisotopic (exact) mass is 655 g/mol. The van der Waals surface area contributed by atoms with Crippen molar-refractivity contribution in [1.29, 1.82) is 0 Å². The molecule has 1 heterocycles. The SMILES string of the molecule is COc1ccc(CN(C(=O)[C@H](Cc2c(C)cc(C(N)=O)cc2C)NC(=O)OC(C)(C)C)[C@@H](C)c2ncc(-c3ccccc3)[nH]2)cc1CO. The van der Waals surface area contributed by atoms with Crippen LogP contribution in [-0.4, -0.2) is 56.6 Å². The summed E-state index contributed by atoms with van der Waals surface area (Å²) >= 11 is 0. The third-order valence-corrected chi connectivity index (χ3v) is 8.07. The molecule has 0 unspecified atom stereocenters. The average Bonchev–Trinajstić information content (AvgIpc) is 3.54. The van der Waals surface area contributed by atoms with Crippen molar-refractivity contribution in [3.05, 3.63) is 106 Å². The Hall–Kier alpha value is -5.16. The second-order valence-corrected chi connectivity index (χ2v) is 12.9. The van der Waals surface area contributed by atoms with Crippen LogP contribution in [0.3, 0.4) is 0 Å². The Bertz CT molecular complexity index is 1740. The van der Waals surface area contributed by atoms with Crippen LogP contribution in [0.4, 0.5) is 4.79 Å². The molecule has 5 N–H and O–H groups in total.